The zero-order valence-corrected chi connectivity index (χ0v) is 7.58. The van der Waals surface area contributed by atoms with E-state index in [1.807, 2.05) is 0 Å². The van der Waals surface area contributed by atoms with Crippen LogP contribution in [0.15, 0.2) is 0 Å². The van der Waals surface area contributed by atoms with E-state index in [-0.39, 0.29) is 0 Å². The third-order valence-corrected chi connectivity index (χ3v) is 2.31. The second-order valence-corrected chi connectivity index (χ2v) is 3.87. The fourth-order valence-electron chi connectivity index (χ4n) is 1.81. The maximum atomic E-state index is 9.01. The van der Waals surface area contributed by atoms with Crippen molar-refractivity contribution in [3.8, 4) is 0 Å². The summed E-state index contributed by atoms with van der Waals surface area (Å²) in [6.07, 6.45) is 2.45. The summed E-state index contributed by atoms with van der Waals surface area (Å²) in [5.74, 6) is 0.724. The molecule has 1 rings (SSSR count). The minimum absolute atomic E-state index is 0.340. The first-order valence-electron chi connectivity index (χ1n) is 4.59. The van der Waals surface area contributed by atoms with Crippen LogP contribution in [0.25, 0.3) is 0 Å². The minimum Gasteiger partial charge on any atom is -0.395 e. The number of hydrogen-bond acceptors (Lipinski definition) is 2. The molecule has 66 valence electrons. The van der Waals surface area contributed by atoms with Gasteiger partial charge in [0.25, 0.3) is 0 Å². The van der Waals surface area contributed by atoms with Crippen molar-refractivity contribution in [3.05, 3.63) is 0 Å². The normalized spacial score (nSPS) is 26.7. The highest BCUT2D eigenvalue weighted by atomic mass is 16.3. The molecule has 0 amide bonds. The highest BCUT2D eigenvalue weighted by molar-refractivity contribution is 4.78. The number of aliphatic hydroxyl groups excluding tert-OH is 1. The van der Waals surface area contributed by atoms with Gasteiger partial charge in [0.2, 0.25) is 0 Å². The van der Waals surface area contributed by atoms with Gasteiger partial charge in [-0.2, -0.15) is 0 Å². The van der Waals surface area contributed by atoms with Gasteiger partial charge in [-0.3, -0.25) is 4.90 Å². The molecule has 0 aromatic carbocycles. The lowest BCUT2D eigenvalue weighted by molar-refractivity contribution is 0.147. The molecule has 0 aliphatic carbocycles. The van der Waals surface area contributed by atoms with Gasteiger partial charge in [0.15, 0.2) is 0 Å². The molecule has 1 saturated heterocycles. The van der Waals surface area contributed by atoms with Gasteiger partial charge >= 0.3 is 0 Å². The zero-order valence-electron chi connectivity index (χ0n) is 7.58. The molecule has 1 aliphatic heterocycles. The molecular formula is C9H19NO. The van der Waals surface area contributed by atoms with Gasteiger partial charge in [0.05, 0.1) is 6.61 Å². The Bertz CT molecular complexity index is 114. The summed E-state index contributed by atoms with van der Waals surface area (Å²) in [5, 5.41) is 9.01. The first-order valence-corrected chi connectivity index (χ1v) is 4.59. The highest BCUT2D eigenvalue weighted by Gasteiger charge is 2.23. The Balaban J connectivity index is 2.31. The maximum absolute atomic E-state index is 9.01. The molecule has 1 fully saturated rings. The van der Waals surface area contributed by atoms with Gasteiger partial charge in [0, 0.05) is 12.6 Å². The number of hydrogen-bond donors (Lipinski definition) is 1. The van der Waals surface area contributed by atoms with Crippen LogP contribution >= 0.6 is 0 Å². The van der Waals surface area contributed by atoms with Crippen LogP contribution in [0.2, 0.25) is 0 Å². The second kappa shape index (κ2) is 4.07. The van der Waals surface area contributed by atoms with E-state index in [0.29, 0.717) is 12.6 Å². The van der Waals surface area contributed by atoms with Crippen molar-refractivity contribution in [3.63, 3.8) is 0 Å². The predicted molar refractivity (Wildman–Crippen MR) is 46.5 cm³/mol. The van der Waals surface area contributed by atoms with Crippen LogP contribution in [-0.2, 0) is 0 Å². The van der Waals surface area contributed by atoms with E-state index in [0.717, 1.165) is 12.5 Å². The van der Waals surface area contributed by atoms with Crippen LogP contribution in [0.5, 0.6) is 0 Å². The average Bonchev–Trinajstić information content (AvgIpc) is 2.34. The van der Waals surface area contributed by atoms with E-state index >= 15 is 0 Å². The van der Waals surface area contributed by atoms with E-state index in [4.69, 9.17) is 5.11 Å². The smallest absolute Gasteiger partial charge is 0.0586 e. The summed E-state index contributed by atoms with van der Waals surface area (Å²) in [6, 6.07) is 0.456. The van der Waals surface area contributed by atoms with Gasteiger partial charge in [-0.15, -0.1) is 0 Å². The molecule has 0 unspecified atom stereocenters. The number of likely N-dealkylation sites (tertiary alicyclic amines) is 1. The van der Waals surface area contributed by atoms with Crippen molar-refractivity contribution < 1.29 is 5.11 Å². The molecule has 1 N–H and O–H groups in total. The van der Waals surface area contributed by atoms with Gasteiger partial charge in [-0.25, -0.2) is 0 Å². The predicted octanol–water partition coefficient (Wildman–Crippen LogP) is 1.10. The van der Waals surface area contributed by atoms with Crippen molar-refractivity contribution in [2.45, 2.75) is 32.7 Å². The fourth-order valence-corrected chi connectivity index (χ4v) is 1.81. The quantitative estimate of drug-likeness (QED) is 0.663. The molecule has 0 saturated carbocycles. The van der Waals surface area contributed by atoms with Crippen molar-refractivity contribution in [2.24, 2.45) is 5.92 Å². The Morgan fingerprint density at radius 3 is 2.82 bits per heavy atom. The standard InChI is InChI=1S/C9H19NO/c1-8(2)6-10-5-3-4-9(10)7-11/h8-9,11H,3-7H2,1-2H3/t9-/m1/s1. The minimum atomic E-state index is 0.340. The average molecular weight is 157 g/mol. The first-order chi connectivity index (χ1) is 5.24. The van der Waals surface area contributed by atoms with E-state index in [2.05, 4.69) is 18.7 Å². The van der Waals surface area contributed by atoms with Crippen molar-refractivity contribution >= 4 is 0 Å². The molecule has 0 aromatic heterocycles. The monoisotopic (exact) mass is 157 g/mol. The third-order valence-electron chi connectivity index (χ3n) is 2.31. The summed E-state index contributed by atoms with van der Waals surface area (Å²) in [6.45, 7) is 7.13. The van der Waals surface area contributed by atoms with Crippen LogP contribution in [0.3, 0.4) is 0 Å². The summed E-state index contributed by atoms with van der Waals surface area (Å²) < 4.78 is 0. The van der Waals surface area contributed by atoms with E-state index < -0.39 is 0 Å². The van der Waals surface area contributed by atoms with Gasteiger partial charge in [-0.05, 0) is 25.3 Å². The summed E-state index contributed by atoms with van der Waals surface area (Å²) in [4.78, 5) is 2.41. The molecule has 0 spiro atoms. The molecular weight excluding hydrogens is 138 g/mol. The molecule has 0 bridgehead atoms. The number of rotatable bonds is 3. The third kappa shape index (κ3) is 2.46. The molecule has 0 aromatic rings. The maximum Gasteiger partial charge on any atom is 0.0586 e. The van der Waals surface area contributed by atoms with E-state index in [9.17, 15) is 0 Å². The molecule has 2 nitrogen and oxygen atoms in total. The molecule has 2 heteroatoms. The Morgan fingerprint density at radius 1 is 1.55 bits per heavy atom. The highest BCUT2D eigenvalue weighted by Crippen LogP contribution is 2.17. The lowest BCUT2D eigenvalue weighted by Crippen LogP contribution is -2.34. The van der Waals surface area contributed by atoms with Crippen molar-refractivity contribution in [1.82, 2.24) is 4.90 Å². The second-order valence-electron chi connectivity index (χ2n) is 3.87. The Labute approximate surface area is 69.2 Å². The summed E-state index contributed by atoms with van der Waals surface area (Å²) in [5.41, 5.74) is 0. The lowest BCUT2D eigenvalue weighted by Gasteiger charge is -2.24. The van der Waals surface area contributed by atoms with Gasteiger partial charge in [-0.1, -0.05) is 13.8 Å². The fraction of sp³-hybridized carbons (Fsp3) is 1.00. The Hall–Kier alpha value is -0.0800. The van der Waals surface area contributed by atoms with Crippen LogP contribution in [0.4, 0.5) is 0 Å². The van der Waals surface area contributed by atoms with E-state index in [1.165, 1.54) is 19.4 Å². The topological polar surface area (TPSA) is 23.5 Å². The van der Waals surface area contributed by atoms with Crippen LogP contribution in [0, 0.1) is 5.92 Å². The molecule has 0 radical (unpaired) electrons. The Morgan fingerprint density at radius 2 is 2.27 bits per heavy atom. The lowest BCUT2D eigenvalue weighted by atomic mass is 10.2. The van der Waals surface area contributed by atoms with Crippen LogP contribution < -0.4 is 0 Å². The summed E-state index contributed by atoms with van der Waals surface area (Å²) >= 11 is 0. The SMILES string of the molecule is CC(C)CN1CCC[C@@H]1CO. The van der Waals surface area contributed by atoms with Gasteiger partial charge < -0.3 is 5.11 Å². The van der Waals surface area contributed by atoms with Crippen LogP contribution in [0.1, 0.15) is 26.7 Å². The Kier molecular flexibility index (Phi) is 3.34. The number of nitrogens with zero attached hydrogens (tertiary/aromatic N) is 1. The largest absolute Gasteiger partial charge is 0.395 e. The molecule has 1 atom stereocenters. The van der Waals surface area contributed by atoms with Crippen LogP contribution in [-0.4, -0.2) is 35.7 Å². The number of aliphatic hydroxyl groups is 1. The molecule has 1 heterocycles. The first kappa shape index (κ1) is 9.01. The zero-order chi connectivity index (χ0) is 8.27. The molecule has 1 aliphatic rings. The van der Waals surface area contributed by atoms with Gasteiger partial charge in [0.1, 0.15) is 0 Å². The van der Waals surface area contributed by atoms with Crippen molar-refractivity contribution in [2.75, 3.05) is 19.7 Å². The van der Waals surface area contributed by atoms with E-state index in [1.54, 1.807) is 0 Å². The summed E-state index contributed by atoms with van der Waals surface area (Å²) in [7, 11) is 0. The van der Waals surface area contributed by atoms with Crippen molar-refractivity contribution in [1.29, 1.82) is 0 Å². The molecule has 11 heavy (non-hydrogen) atoms.